The molecule has 2 aromatic rings. The van der Waals surface area contributed by atoms with Gasteiger partial charge in [-0.05, 0) is 12.1 Å². The number of nitrogens with zero attached hydrogens (tertiary/aromatic N) is 2. The first-order valence-electron chi connectivity index (χ1n) is 6.46. The smallest absolute Gasteiger partial charge is 0.136 e. The number of morpholine rings is 1. The average molecular weight is 362 g/mol. The molecule has 0 aliphatic carbocycles. The highest BCUT2D eigenvalue weighted by molar-refractivity contribution is 8.22. The summed E-state index contributed by atoms with van der Waals surface area (Å²) < 4.78 is 6.20. The first kappa shape index (κ1) is 15.4. The van der Waals surface area contributed by atoms with Crippen LogP contribution in [0.2, 0.25) is 10.0 Å². The van der Waals surface area contributed by atoms with Crippen LogP contribution in [-0.4, -0.2) is 45.5 Å². The Labute approximate surface area is 142 Å². The highest BCUT2D eigenvalue weighted by atomic mass is 35.5. The number of ether oxygens (including phenoxy) is 1. The number of hydrogen-bond acceptors (Lipinski definition) is 4. The third-order valence-electron chi connectivity index (χ3n) is 3.17. The van der Waals surface area contributed by atoms with Gasteiger partial charge in [0.15, 0.2) is 0 Å². The first-order valence-corrected chi connectivity index (χ1v) is 8.61. The predicted octanol–water partition coefficient (Wildman–Crippen LogP) is 3.72. The van der Waals surface area contributed by atoms with E-state index < -0.39 is 0 Å². The molecule has 1 N–H and O–H groups in total. The van der Waals surface area contributed by atoms with Crippen LogP contribution in [0.25, 0.3) is 11.0 Å². The van der Waals surface area contributed by atoms with Gasteiger partial charge in [-0.15, -0.1) is 0 Å². The van der Waals surface area contributed by atoms with Crippen molar-refractivity contribution in [2.75, 3.05) is 26.3 Å². The number of thioether (sulfide) groups is 1. The zero-order valence-corrected chi connectivity index (χ0v) is 14.2. The highest BCUT2D eigenvalue weighted by Gasteiger charge is 2.15. The molecule has 1 fully saturated rings. The number of rotatable bonds is 2. The zero-order valence-electron chi connectivity index (χ0n) is 11.1. The molecule has 0 spiro atoms. The molecule has 1 aromatic carbocycles. The molecule has 1 aliphatic heterocycles. The molecule has 4 nitrogen and oxygen atoms in total. The maximum absolute atomic E-state index is 6.00. The molecule has 1 aliphatic rings. The second kappa shape index (κ2) is 6.71. The molecule has 0 bridgehead atoms. The van der Waals surface area contributed by atoms with Crippen molar-refractivity contribution >= 4 is 62.5 Å². The van der Waals surface area contributed by atoms with Gasteiger partial charge in [0, 0.05) is 13.1 Å². The number of halogens is 2. The molecular formula is C13H13Cl2N3OS2. The summed E-state index contributed by atoms with van der Waals surface area (Å²) in [4.78, 5) is 9.92. The number of aromatic amines is 1. The summed E-state index contributed by atoms with van der Waals surface area (Å²) >= 11 is 19.0. The molecule has 1 aromatic heterocycles. The molecule has 0 amide bonds. The van der Waals surface area contributed by atoms with Crippen LogP contribution in [0.3, 0.4) is 0 Å². The molecular weight excluding hydrogens is 349 g/mol. The number of benzene rings is 1. The maximum Gasteiger partial charge on any atom is 0.136 e. The van der Waals surface area contributed by atoms with E-state index in [0.29, 0.717) is 15.8 Å². The summed E-state index contributed by atoms with van der Waals surface area (Å²) in [6.45, 7) is 3.19. The number of imidazole rings is 1. The molecule has 1 saturated heterocycles. The normalized spacial score (nSPS) is 15.6. The fraction of sp³-hybridized carbons (Fsp3) is 0.385. The van der Waals surface area contributed by atoms with Crippen LogP contribution in [0.1, 0.15) is 5.82 Å². The number of H-pyrrole nitrogens is 1. The minimum atomic E-state index is 0.513. The second-order valence-corrected chi connectivity index (χ2v) is 7.04. The Kier molecular flexibility index (Phi) is 4.91. The van der Waals surface area contributed by atoms with Gasteiger partial charge in [0.1, 0.15) is 10.1 Å². The van der Waals surface area contributed by atoms with Crippen molar-refractivity contribution in [3.05, 3.63) is 28.0 Å². The van der Waals surface area contributed by atoms with Crippen molar-refractivity contribution in [1.29, 1.82) is 0 Å². The molecule has 3 rings (SSSR count). The minimum absolute atomic E-state index is 0.513. The van der Waals surface area contributed by atoms with Gasteiger partial charge in [0.05, 0.1) is 40.0 Å². The molecule has 21 heavy (non-hydrogen) atoms. The lowest BCUT2D eigenvalue weighted by Crippen LogP contribution is -2.38. The van der Waals surface area contributed by atoms with Gasteiger partial charge in [-0.25, -0.2) is 4.98 Å². The van der Waals surface area contributed by atoms with E-state index in [9.17, 15) is 0 Å². The zero-order chi connectivity index (χ0) is 14.8. The topological polar surface area (TPSA) is 41.2 Å². The summed E-state index contributed by atoms with van der Waals surface area (Å²) in [5, 5.41) is 1.04. The van der Waals surface area contributed by atoms with Crippen molar-refractivity contribution in [2.24, 2.45) is 0 Å². The van der Waals surface area contributed by atoms with Gasteiger partial charge in [-0.2, -0.15) is 0 Å². The van der Waals surface area contributed by atoms with Gasteiger partial charge >= 0.3 is 0 Å². The average Bonchev–Trinajstić information content (AvgIpc) is 2.88. The van der Waals surface area contributed by atoms with Gasteiger partial charge in [0.25, 0.3) is 0 Å². The van der Waals surface area contributed by atoms with E-state index in [2.05, 4.69) is 14.9 Å². The number of aromatic nitrogens is 2. The Bertz CT molecular complexity index is 632. The summed E-state index contributed by atoms with van der Waals surface area (Å²) in [6, 6.07) is 3.56. The summed E-state index contributed by atoms with van der Waals surface area (Å²) in [6.07, 6.45) is 0. The SMILES string of the molecule is S=C(SCc1nc2cc(Cl)c(Cl)cc2[nH]1)N1CCOCC1. The number of thiocarbonyl (C=S) groups is 1. The third-order valence-corrected chi connectivity index (χ3v) is 5.43. The Balaban J connectivity index is 1.66. The lowest BCUT2D eigenvalue weighted by molar-refractivity contribution is 0.0702. The first-order chi connectivity index (χ1) is 10.1. The molecule has 8 heteroatoms. The molecule has 0 atom stereocenters. The largest absolute Gasteiger partial charge is 0.378 e. The van der Waals surface area contributed by atoms with Gasteiger partial charge in [0.2, 0.25) is 0 Å². The lowest BCUT2D eigenvalue weighted by Gasteiger charge is -2.28. The summed E-state index contributed by atoms with van der Waals surface area (Å²) in [5.41, 5.74) is 1.70. The Morgan fingerprint density at radius 2 is 2.05 bits per heavy atom. The van der Waals surface area contributed by atoms with E-state index >= 15 is 0 Å². The van der Waals surface area contributed by atoms with Crippen molar-refractivity contribution in [1.82, 2.24) is 14.9 Å². The van der Waals surface area contributed by atoms with E-state index in [1.165, 1.54) is 0 Å². The van der Waals surface area contributed by atoms with Crippen LogP contribution in [0.5, 0.6) is 0 Å². The van der Waals surface area contributed by atoms with Crippen LogP contribution in [-0.2, 0) is 10.5 Å². The molecule has 2 heterocycles. The third kappa shape index (κ3) is 3.63. The fourth-order valence-corrected chi connectivity index (χ4v) is 3.54. The fourth-order valence-electron chi connectivity index (χ4n) is 2.09. The Hall–Kier alpha value is -0.530. The van der Waals surface area contributed by atoms with Crippen molar-refractivity contribution < 1.29 is 4.74 Å². The van der Waals surface area contributed by atoms with E-state index in [-0.39, 0.29) is 0 Å². The second-order valence-electron chi connectivity index (χ2n) is 4.62. The lowest BCUT2D eigenvalue weighted by atomic mass is 10.3. The van der Waals surface area contributed by atoms with E-state index in [0.717, 1.165) is 47.5 Å². The maximum atomic E-state index is 6.00. The molecule has 0 saturated carbocycles. The predicted molar refractivity (Wildman–Crippen MR) is 92.4 cm³/mol. The monoisotopic (exact) mass is 361 g/mol. The van der Waals surface area contributed by atoms with Crippen molar-refractivity contribution in [3.63, 3.8) is 0 Å². The van der Waals surface area contributed by atoms with Crippen LogP contribution in [0.15, 0.2) is 12.1 Å². The number of hydrogen-bond donors (Lipinski definition) is 1. The van der Waals surface area contributed by atoms with Crippen molar-refractivity contribution in [3.8, 4) is 0 Å². The van der Waals surface area contributed by atoms with Crippen molar-refractivity contribution in [2.45, 2.75) is 5.75 Å². The van der Waals surface area contributed by atoms with Gasteiger partial charge in [-0.3, -0.25) is 0 Å². The van der Waals surface area contributed by atoms with E-state index in [1.54, 1.807) is 23.9 Å². The Morgan fingerprint density at radius 1 is 1.33 bits per heavy atom. The van der Waals surface area contributed by atoms with Crippen LogP contribution in [0.4, 0.5) is 0 Å². The van der Waals surface area contributed by atoms with Gasteiger partial charge in [-0.1, -0.05) is 47.2 Å². The molecule has 112 valence electrons. The number of nitrogens with one attached hydrogen (secondary N) is 1. The quantitative estimate of drug-likeness (QED) is 0.825. The van der Waals surface area contributed by atoms with Crippen LogP contribution >= 0.6 is 47.2 Å². The molecule has 0 unspecified atom stereocenters. The standard InChI is InChI=1S/C13H13Cl2N3OS2/c14-8-5-10-11(6-9(8)15)17-12(16-10)7-21-13(20)18-1-3-19-4-2-18/h5-6H,1-4,7H2,(H,16,17). The van der Waals surface area contributed by atoms with E-state index in [4.69, 9.17) is 40.2 Å². The van der Waals surface area contributed by atoms with Crippen LogP contribution in [0, 0.1) is 0 Å². The van der Waals surface area contributed by atoms with Crippen LogP contribution < -0.4 is 0 Å². The van der Waals surface area contributed by atoms with Gasteiger partial charge < -0.3 is 14.6 Å². The molecule has 0 radical (unpaired) electrons. The highest BCUT2D eigenvalue weighted by Crippen LogP contribution is 2.27. The van der Waals surface area contributed by atoms with E-state index in [1.807, 2.05) is 0 Å². The Morgan fingerprint density at radius 3 is 2.81 bits per heavy atom. The minimum Gasteiger partial charge on any atom is -0.378 e. The number of fused-ring (bicyclic) bond motifs is 1. The summed E-state index contributed by atoms with van der Waals surface area (Å²) in [5.74, 6) is 1.56. The summed E-state index contributed by atoms with van der Waals surface area (Å²) in [7, 11) is 0.